The van der Waals surface area contributed by atoms with Crippen LogP contribution in [-0.4, -0.2) is 18.3 Å². The smallest absolute Gasteiger partial charge is 0.318 e. The fourth-order valence-electron chi connectivity index (χ4n) is 1.19. The minimum atomic E-state index is -0.221. The molecule has 0 N–H and O–H groups in total. The SMILES string of the molecule is COC(=O)C(C)SCc1cccc(C#N)c1. The maximum absolute atomic E-state index is 11.2. The molecule has 1 aromatic rings. The molecule has 1 rings (SSSR count). The van der Waals surface area contributed by atoms with Crippen molar-refractivity contribution in [1.82, 2.24) is 0 Å². The van der Waals surface area contributed by atoms with E-state index in [0.717, 1.165) is 5.56 Å². The van der Waals surface area contributed by atoms with Crippen LogP contribution in [0.5, 0.6) is 0 Å². The number of thioether (sulfide) groups is 1. The number of carbonyl (C=O) groups is 1. The average molecular weight is 235 g/mol. The lowest BCUT2D eigenvalue weighted by molar-refractivity contribution is -0.139. The number of rotatable bonds is 4. The van der Waals surface area contributed by atoms with Crippen LogP contribution < -0.4 is 0 Å². The van der Waals surface area contributed by atoms with E-state index in [2.05, 4.69) is 10.8 Å². The number of nitriles is 1. The number of esters is 1. The lowest BCUT2D eigenvalue weighted by Crippen LogP contribution is -2.14. The highest BCUT2D eigenvalue weighted by atomic mass is 32.2. The molecule has 0 aliphatic rings. The van der Waals surface area contributed by atoms with Crippen molar-refractivity contribution in [3.63, 3.8) is 0 Å². The van der Waals surface area contributed by atoms with Crippen LogP contribution in [0.2, 0.25) is 0 Å². The van der Waals surface area contributed by atoms with Gasteiger partial charge in [-0.25, -0.2) is 0 Å². The van der Waals surface area contributed by atoms with E-state index in [1.165, 1.54) is 18.9 Å². The molecular weight excluding hydrogens is 222 g/mol. The quantitative estimate of drug-likeness (QED) is 0.752. The van der Waals surface area contributed by atoms with E-state index < -0.39 is 0 Å². The van der Waals surface area contributed by atoms with Crippen LogP contribution in [0.1, 0.15) is 18.1 Å². The topological polar surface area (TPSA) is 50.1 Å². The Morgan fingerprint density at radius 2 is 2.38 bits per heavy atom. The van der Waals surface area contributed by atoms with E-state index in [9.17, 15) is 4.79 Å². The summed E-state index contributed by atoms with van der Waals surface area (Å²) >= 11 is 1.50. The van der Waals surface area contributed by atoms with Crippen LogP contribution in [0.15, 0.2) is 24.3 Å². The molecule has 0 bridgehead atoms. The number of methoxy groups -OCH3 is 1. The Morgan fingerprint density at radius 1 is 1.62 bits per heavy atom. The average Bonchev–Trinajstić information content (AvgIpc) is 2.35. The molecule has 0 saturated carbocycles. The zero-order chi connectivity index (χ0) is 12.0. The van der Waals surface area contributed by atoms with Gasteiger partial charge in [0.2, 0.25) is 0 Å². The summed E-state index contributed by atoms with van der Waals surface area (Å²) in [4.78, 5) is 11.2. The molecule has 0 fully saturated rings. The van der Waals surface area contributed by atoms with Crippen molar-refractivity contribution in [3.8, 4) is 6.07 Å². The standard InChI is InChI=1S/C12H13NO2S/c1-9(12(14)15-2)16-8-11-5-3-4-10(6-11)7-13/h3-6,9H,8H2,1-2H3. The zero-order valence-electron chi connectivity index (χ0n) is 9.27. The van der Waals surface area contributed by atoms with Crippen molar-refractivity contribution < 1.29 is 9.53 Å². The van der Waals surface area contributed by atoms with Crippen LogP contribution >= 0.6 is 11.8 Å². The summed E-state index contributed by atoms with van der Waals surface area (Å²) in [6.45, 7) is 1.81. The van der Waals surface area contributed by atoms with Gasteiger partial charge in [-0.15, -0.1) is 11.8 Å². The Balaban J connectivity index is 2.55. The first kappa shape index (κ1) is 12.6. The Hall–Kier alpha value is -1.47. The number of nitrogens with zero attached hydrogens (tertiary/aromatic N) is 1. The monoisotopic (exact) mass is 235 g/mol. The minimum absolute atomic E-state index is 0.184. The maximum atomic E-state index is 11.2. The van der Waals surface area contributed by atoms with Crippen LogP contribution in [0.25, 0.3) is 0 Å². The molecule has 0 amide bonds. The molecule has 1 aromatic carbocycles. The van der Waals surface area contributed by atoms with Crippen LogP contribution in [0.4, 0.5) is 0 Å². The highest BCUT2D eigenvalue weighted by Gasteiger charge is 2.13. The van der Waals surface area contributed by atoms with Gasteiger partial charge in [0.15, 0.2) is 0 Å². The van der Waals surface area contributed by atoms with E-state index in [-0.39, 0.29) is 11.2 Å². The molecular formula is C12H13NO2S. The number of carbonyl (C=O) groups excluding carboxylic acids is 1. The summed E-state index contributed by atoms with van der Waals surface area (Å²) in [5.74, 6) is 0.479. The van der Waals surface area contributed by atoms with Gasteiger partial charge >= 0.3 is 5.97 Å². The third kappa shape index (κ3) is 3.59. The highest BCUT2D eigenvalue weighted by Crippen LogP contribution is 2.19. The summed E-state index contributed by atoms with van der Waals surface area (Å²) < 4.78 is 4.63. The lowest BCUT2D eigenvalue weighted by Gasteiger charge is -2.08. The zero-order valence-corrected chi connectivity index (χ0v) is 10.1. The molecule has 0 saturated heterocycles. The van der Waals surface area contributed by atoms with E-state index in [1.54, 1.807) is 6.07 Å². The van der Waals surface area contributed by atoms with Crippen molar-refractivity contribution in [2.75, 3.05) is 7.11 Å². The van der Waals surface area contributed by atoms with Gasteiger partial charge in [-0.05, 0) is 24.6 Å². The highest BCUT2D eigenvalue weighted by molar-refractivity contribution is 7.99. The van der Waals surface area contributed by atoms with Crippen molar-refractivity contribution >= 4 is 17.7 Å². The van der Waals surface area contributed by atoms with Crippen molar-refractivity contribution in [2.45, 2.75) is 17.9 Å². The minimum Gasteiger partial charge on any atom is -0.468 e. The van der Waals surface area contributed by atoms with E-state index >= 15 is 0 Å². The Labute approximate surface area is 99.4 Å². The van der Waals surface area contributed by atoms with Gasteiger partial charge in [0.05, 0.1) is 24.0 Å². The van der Waals surface area contributed by atoms with Gasteiger partial charge < -0.3 is 4.74 Å². The van der Waals surface area contributed by atoms with E-state index in [0.29, 0.717) is 11.3 Å². The molecule has 0 aliphatic heterocycles. The molecule has 1 atom stereocenters. The Bertz CT molecular complexity index is 412. The molecule has 3 nitrogen and oxygen atoms in total. The largest absolute Gasteiger partial charge is 0.468 e. The van der Waals surface area contributed by atoms with E-state index in [4.69, 9.17) is 5.26 Å². The number of ether oxygens (including phenoxy) is 1. The second-order valence-electron chi connectivity index (χ2n) is 3.29. The van der Waals surface area contributed by atoms with Gasteiger partial charge in [-0.3, -0.25) is 4.79 Å². The van der Waals surface area contributed by atoms with Gasteiger partial charge in [-0.1, -0.05) is 12.1 Å². The van der Waals surface area contributed by atoms with Gasteiger partial charge in [0.1, 0.15) is 0 Å². The molecule has 0 radical (unpaired) electrons. The fourth-order valence-corrected chi connectivity index (χ4v) is 2.04. The Morgan fingerprint density at radius 3 is 3.00 bits per heavy atom. The summed E-state index contributed by atoms with van der Waals surface area (Å²) in [6.07, 6.45) is 0. The molecule has 0 spiro atoms. The fraction of sp³-hybridized carbons (Fsp3) is 0.333. The van der Waals surface area contributed by atoms with Crippen LogP contribution in [0, 0.1) is 11.3 Å². The first-order chi connectivity index (χ1) is 7.67. The number of hydrogen-bond donors (Lipinski definition) is 0. The number of hydrogen-bond acceptors (Lipinski definition) is 4. The predicted octanol–water partition coefficient (Wildman–Crippen LogP) is 2.35. The first-order valence-electron chi connectivity index (χ1n) is 4.86. The van der Waals surface area contributed by atoms with Gasteiger partial charge in [0, 0.05) is 5.75 Å². The summed E-state index contributed by atoms with van der Waals surface area (Å²) in [5, 5.41) is 8.55. The van der Waals surface area contributed by atoms with Crippen molar-refractivity contribution in [1.29, 1.82) is 5.26 Å². The molecule has 4 heteroatoms. The first-order valence-corrected chi connectivity index (χ1v) is 5.90. The second-order valence-corrected chi connectivity index (χ2v) is 4.62. The molecule has 16 heavy (non-hydrogen) atoms. The van der Waals surface area contributed by atoms with Gasteiger partial charge in [-0.2, -0.15) is 5.26 Å². The van der Waals surface area contributed by atoms with Crippen molar-refractivity contribution in [2.24, 2.45) is 0 Å². The molecule has 0 heterocycles. The third-order valence-corrected chi connectivity index (χ3v) is 3.28. The summed E-state index contributed by atoms with van der Waals surface area (Å²) in [7, 11) is 1.38. The summed E-state index contributed by atoms with van der Waals surface area (Å²) in [6, 6.07) is 9.47. The van der Waals surface area contributed by atoms with Crippen LogP contribution in [0.3, 0.4) is 0 Å². The predicted molar refractivity (Wildman–Crippen MR) is 63.9 cm³/mol. The Kier molecular flexibility index (Phi) is 4.87. The van der Waals surface area contributed by atoms with Gasteiger partial charge in [0.25, 0.3) is 0 Å². The molecule has 0 aliphatic carbocycles. The van der Waals surface area contributed by atoms with Crippen molar-refractivity contribution in [3.05, 3.63) is 35.4 Å². The number of benzene rings is 1. The summed E-state index contributed by atoms with van der Waals surface area (Å²) in [5.41, 5.74) is 1.68. The molecule has 1 unspecified atom stereocenters. The maximum Gasteiger partial charge on any atom is 0.318 e. The van der Waals surface area contributed by atoms with E-state index in [1.807, 2.05) is 25.1 Å². The normalized spacial score (nSPS) is 11.6. The molecule has 0 aromatic heterocycles. The second kappa shape index (κ2) is 6.19. The van der Waals surface area contributed by atoms with Crippen LogP contribution in [-0.2, 0) is 15.3 Å². The third-order valence-electron chi connectivity index (χ3n) is 2.09. The molecule has 84 valence electrons. The lowest BCUT2D eigenvalue weighted by atomic mass is 10.2.